The number of carbonyl (C=O) groups excluding carboxylic acids is 2. The number of benzene rings is 2. The van der Waals surface area contributed by atoms with E-state index in [1.165, 1.54) is 20.3 Å². The van der Waals surface area contributed by atoms with E-state index in [2.05, 4.69) is 4.74 Å². The number of hydrogen-bond acceptors (Lipinski definition) is 6. The molecule has 2 aromatic carbocycles. The lowest BCUT2D eigenvalue weighted by molar-refractivity contribution is -0.134. The molecule has 0 aromatic heterocycles. The Morgan fingerprint density at radius 1 is 1.04 bits per heavy atom. The summed E-state index contributed by atoms with van der Waals surface area (Å²) in [4.78, 5) is 23.6. The summed E-state index contributed by atoms with van der Waals surface area (Å²) in [7, 11) is 2.78. The first-order valence-electron chi connectivity index (χ1n) is 8.46. The monoisotopic (exact) mass is 370 g/mol. The zero-order chi connectivity index (χ0) is 19.6. The maximum atomic E-state index is 12.4. The van der Waals surface area contributed by atoms with Crippen molar-refractivity contribution in [3.8, 4) is 17.2 Å². The molecular formula is C21H22O6. The van der Waals surface area contributed by atoms with E-state index >= 15 is 0 Å². The van der Waals surface area contributed by atoms with Gasteiger partial charge in [0.25, 0.3) is 0 Å². The molecule has 0 unspecified atom stereocenters. The third kappa shape index (κ3) is 5.88. The second kappa shape index (κ2) is 10.0. The predicted molar refractivity (Wildman–Crippen MR) is 101 cm³/mol. The lowest BCUT2D eigenvalue weighted by Crippen LogP contribution is -2.09. The second-order valence-corrected chi connectivity index (χ2v) is 5.53. The molecule has 6 nitrogen and oxygen atoms in total. The smallest absolute Gasteiger partial charge is 0.343 e. The first-order valence-corrected chi connectivity index (χ1v) is 8.46. The van der Waals surface area contributed by atoms with E-state index in [9.17, 15) is 9.59 Å². The van der Waals surface area contributed by atoms with E-state index in [4.69, 9.17) is 14.2 Å². The summed E-state index contributed by atoms with van der Waals surface area (Å²) in [5.74, 6) is 0.274. The van der Waals surface area contributed by atoms with Gasteiger partial charge in [0, 0.05) is 6.08 Å². The Balaban J connectivity index is 2.15. The minimum Gasteiger partial charge on any atom is -0.494 e. The van der Waals surface area contributed by atoms with Crippen LogP contribution in [0, 0.1) is 0 Å². The quantitative estimate of drug-likeness (QED) is 0.399. The lowest BCUT2D eigenvalue weighted by Gasteiger charge is -2.11. The molecule has 0 fully saturated rings. The highest BCUT2D eigenvalue weighted by Gasteiger charge is 2.13. The molecule has 142 valence electrons. The van der Waals surface area contributed by atoms with Gasteiger partial charge in [0.15, 0.2) is 11.5 Å². The molecule has 0 aliphatic rings. The molecule has 0 aliphatic carbocycles. The normalized spacial score (nSPS) is 10.5. The summed E-state index contributed by atoms with van der Waals surface area (Å²) in [6, 6.07) is 11.8. The van der Waals surface area contributed by atoms with Crippen LogP contribution in [0.2, 0.25) is 0 Å². The molecule has 0 bridgehead atoms. The first-order chi connectivity index (χ1) is 13.1. The van der Waals surface area contributed by atoms with Gasteiger partial charge in [-0.25, -0.2) is 9.59 Å². The van der Waals surface area contributed by atoms with Gasteiger partial charge in [0.05, 0.1) is 26.4 Å². The highest BCUT2D eigenvalue weighted by Crippen LogP contribution is 2.29. The van der Waals surface area contributed by atoms with Crippen molar-refractivity contribution >= 4 is 18.0 Å². The van der Waals surface area contributed by atoms with Gasteiger partial charge in [-0.1, -0.05) is 19.1 Å². The van der Waals surface area contributed by atoms with Crippen molar-refractivity contribution in [2.45, 2.75) is 13.3 Å². The van der Waals surface area contributed by atoms with Crippen molar-refractivity contribution in [1.29, 1.82) is 0 Å². The van der Waals surface area contributed by atoms with Crippen LogP contribution in [-0.4, -0.2) is 32.8 Å². The van der Waals surface area contributed by atoms with Crippen LogP contribution in [0.15, 0.2) is 48.5 Å². The van der Waals surface area contributed by atoms with Gasteiger partial charge >= 0.3 is 11.9 Å². The Bertz CT molecular complexity index is 825. The van der Waals surface area contributed by atoms with Crippen molar-refractivity contribution in [3.05, 3.63) is 59.7 Å². The molecule has 2 aromatic rings. The van der Waals surface area contributed by atoms with Crippen LogP contribution in [-0.2, 0) is 9.53 Å². The zero-order valence-corrected chi connectivity index (χ0v) is 15.6. The van der Waals surface area contributed by atoms with Crippen molar-refractivity contribution in [3.63, 3.8) is 0 Å². The molecule has 0 amide bonds. The van der Waals surface area contributed by atoms with Gasteiger partial charge in [-0.3, -0.25) is 0 Å². The van der Waals surface area contributed by atoms with Crippen molar-refractivity contribution in [1.82, 2.24) is 0 Å². The van der Waals surface area contributed by atoms with Crippen LogP contribution in [0.5, 0.6) is 17.2 Å². The van der Waals surface area contributed by atoms with Gasteiger partial charge in [-0.15, -0.1) is 0 Å². The van der Waals surface area contributed by atoms with Crippen LogP contribution in [0.4, 0.5) is 0 Å². The zero-order valence-electron chi connectivity index (χ0n) is 15.6. The van der Waals surface area contributed by atoms with E-state index < -0.39 is 11.9 Å². The second-order valence-electron chi connectivity index (χ2n) is 5.53. The SMILES string of the molecule is CCCOc1cccc(C(=O)Oc2ccc(/C=C/C(=O)OC)cc2OC)c1. The van der Waals surface area contributed by atoms with E-state index in [0.29, 0.717) is 29.2 Å². The number of carbonyl (C=O) groups is 2. The summed E-state index contributed by atoms with van der Waals surface area (Å²) in [6.07, 6.45) is 3.75. The topological polar surface area (TPSA) is 71.1 Å². The fraction of sp³-hybridized carbons (Fsp3) is 0.238. The number of ether oxygens (including phenoxy) is 4. The van der Waals surface area contributed by atoms with Crippen LogP contribution >= 0.6 is 0 Å². The summed E-state index contributed by atoms with van der Waals surface area (Å²) >= 11 is 0. The highest BCUT2D eigenvalue weighted by molar-refractivity contribution is 5.92. The highest BCUT2D eigenvalue weighted by atomic mass is 16.6. The fourth-order valence-electron chi connectivity index (χ4n) is 2.20. The summed E-state index contributed by atoms with van der Waals surface area (Å²) in [6.45, 7) is 2.58. The minimum absolute atomic E-state index is 0.276. The molecule has 0 radical (unpaired) electrons. The maximum absolute atomic E-state index is 12.4. The molecule has 0 N–H and O–H groups in total. The largest absolute Gasteiger partial charge is 0.494 e. The average molecular weight is 370 g/mol. The predicted octanol–water partition coefficient (Wildman–Crippen LogP) is 3.89. The minimum atomic E-state index is -0.520. The molecule has 0 saturated carbocycles. The Hall–Kier alpha value is -3.28. The van der Waals surface area contributed by atoms with Gasteiger partial charge < -0.3 is 18.9 Å². The molecular weight excluding hydrogens is 348 g/mol. The third-order valence-corrected chi connectivity index (χ3v) is 3.55. The van der Waals surface area contributed by atoms with Crippen LogP contribution in [0.1, 0.15) is 29.3 Å². The summed E-state index contributed by atoms with van der Waals surface area (Å²) in [5, 5.41) is 0. The summed E-state index contributed by atoms with van der Waals surface area (Å²) in [5.41, 5.74) is 1.08. The Kier molecular flexibility index (Phi) is 7.43. The molecule has 6 heteroatoms. The van der Waals surface area contributed by atoms with Crippen molar-refractivity contribution in [2.24, 2.45) is 0 Å². The van der Waals surface area contributed by atoms with E-state index in [1.807, 2.05) is 6.92 Å². The van der Waals surface area contributed by atoms with Crippen LogP contribution in [0.25, 0.3) is 6.08 Å². The van der Waals surface area contributed by atoms with Crippen molar-refractivity contribution < 1.29 is 28.5 Å². The molecule has 2 rings (SSSR count). The van der Waals surface area contributed by atoms with E-state index in [1.54, 1.807) is 48.5 Å². The van der Waals surface area contributed by atoms with Crippen LogP contribution in [0.3, 0.4) is 0 Å². The Morgan fingerprint density at radius 3 is 2.56 bits per heavy atom. The Morgan fingerprint density at radius 2 is 1.85 bits per heavy atom. The molecule has 27 heavy (non-hydrogen) atoms. The summed E-state index contributed by atoms with van der Waals surface area (Å²) < 4.78 is 20.8. The maximum Gasteiger partial charge on any atom is 0.343 e. The van der Waals surface area contributed by atoms with Crippen LogP contribution < -0.4 is 14.2 Å². The number of methoxy groups -OCH3 is 2. The molecule has 0 aliphatic heterocycles. The number of esters is 2. The van der Waals surface area contributed by atoms with Gasteiger partial charge in [0.2, 0.25) is 0 Å². The van der Waals surface area contributed by atoms with Gasteiger partial charge in [-0.2, -0.15) is 0 Å². The molecule has 0 spiro atoms. The van der Waals surface area contributed by atoms with Gasteiger partial charge in [-0.05, 0) is 48.4 Å². The fourth-order valence-corrected chi connectivity index (χ4v) is 2.20. The average Bonchev–Trinajstić information content (AvgIpc) is 2.71. The standard InChI is InChI=1S/C21H22O6/c1-4-12-26-17-7-5-6-16(14-17)21(23)27-18-10-8-15(13-19(18)24-2)9-11-20(22)25-3/h5-11,13-14H,4,12H2,1-3H3/b11-9+. The van der Waals surface area contributed by atoms with Gasteiger partial charge in [0.1, 0.15) is 5.75 Å². The third-order valence-electron chi connectivity index (χ3n) is 3.55. The van der Waals surface area contributed by atoms with E-state index in [-0.39, 0.29) is 5.75 Å². The Labute approximate surface area is 158 Å². The number of rotatable bonds is 8. The number of hydrogen-bond donors (Lipinski definition) is 0. The van der Waals surface area contributed by atoms with Crippen molar-refractivity contribution in [2.75, 3.05) is 20.8 Å². The molecule has 0 saturated heterocycles. The molecule has 0 heterocycles. The lowest BCUT2D eigenvalue weighted by atomic mass is 10.2. The first kappa shape index (κ1) is 20.0. The van der Waals surface area contributed by atoms with E-state index in [0.717, 1.165) is 6.42 Å². The molecule has 0 atom stereocenters.